The molecule has 22 heavy (non-hydrogen) atoms. The predicted octanol–water partition coefficient (Wildman–Crippen LogP) is 6.51. The minimum absolute atomic E-state index is 1.23. The van der Waals surface area contributed by atoms with E-state index in [1.54, 1.807) is 0 Å². The van der Waals surface area contributed by atoms with E-state index in [0.29, 0.717) is 0 Å². The van der Waals surface area contributed by atoms with Gasteiger partial charge in [-0.05, 0) is 67.2 Å². The van der Waals surface area contributed by atoms with Gasteiger partial charge >= 0.3 is 0 Å². The minimum atomic E-state index is 1.23. The van der Waals surface area contributed by atoms with Crippen molar-refractivity contribution in [3.63, 3.8) is 0 Å². The molecular weight excluding hydrogens is 264 g/mol. The van der Waals surface area contributed by atoms with Crippen LogP contribution < -0.4 is 0 Å². The van der Waals surface area contributed by atoms with Crippen molar-refractivity contribution < 1.29 is 0 Å². The monoisotopic (exact) mass is 288 g/mol. The van der Waals surface area contributed by atoms with Crippen molar-refractivity contribution in [2.24, 2.45) is 0 Å². The summed E-state index contributed by atoms with van der Waals surface area (Å²) in [5.41, 5.74) is 7.73. The minimum Gasteiger partial charge on any atom is -0.0876 e. The molecule has 2 rings (SSSR count). The summed E-state index contributed by atoms with van der Waals surface area (Å²) in [5.74, 6) is 0. The highest BCUT2D eigenvalue weighted by Gasteiger charge is 2.07. The summed E-state index contributed by atoms with van der Waals surface area (Å²) in [6, 6.07) is 15.3. The van der Waals surface area contributed by atoms with Gasteiger partial charge in [0.2, 0.25) is 0 Å². The van der Waals surface area contributed by atoms with E-state index in [0.717, 1.165) is 0 Å². The normalized spacial score (nSPS) is 12.5. The van der Waals surface area contributed by atoms with Gasteiger partial charge in [0.05, 0.1) is 0 Å². The maximum atomic E-state index is 2.30. The molecule has 0 nitrogen and oxygen atoms in total. The van der Waals surface area contributed by atoms with E-state index in [9.17, 15) is 0 Å². The van der Waals surface area contributed by atoms with Crippen LogP contribution in [0.25, 0.3) is 16.7 Å². The second kappa shape index (κ2) is 7.61. The zero-order chi connectivity index (χ0) is 15.9. The number of allylic oxidation sites excluding steroid dienone is 6. The lowest BCUT2D eigenvalue weighted by molar-refractivity contribution is 1.40. The summed E-state index contributed by atoms with van der Waals surface area (Å²) in [7, 11) is 0. The quantitative estimate of drug-likeness (QED) is 0.563. The highest BCUT2D eigenvalue weighted by Crippen LogP contribution is 2.30. The Hall–Kier alpha value is -2.34. The molecule has 0 unspecified atom stereocenters. The Morgan fingerprint density at radius 2 is 1.55 bits per heavy atom. The van der Waals surface area contributed by atoms with Crippen LogP contribution in [0, 0.1) is 13.8 Å². The molecule has 0 aromatic heterocycles. The highest BCUT2D eigenvalue weighted by atomic mass is 14.1. The molecule has 0 radical (unpaired) electrons. The Balaban J connectivity index is 2.57. The Bertz CT molecular complexity index is 727. The summed E-state index contributed by atoms with van der Waals surface area (Å²) < 4.78 is 0. The van der Waals surface area contributed by atoms with Crippen LogP contribution in [0.15, 0.2) is 72.8 Å². The molecule has 0 N–H and O–H groups in total. The predicted molar refractivity (Wildman–Crippen MR) is 99.0 cm³/mol. The van der Waals surface area contributed by atoms with Crippen molar-refractivity contribution >= 4 is 5.57 Å². The lowest BCUT2D eigenvalue weighted by Gasteiger charge is -2.12. The number of hydrogen-bond donors (Lipinski definition) is 0. The average Bonchev–Trinajstić information content (AvgIpc) is 2.53. The van der Waals surface area contributed by atoms with E-state index in [1.165, 1.54) is 33.4 Å². The third-order valence-electron chi connectivity index (χ3n) is 3.82. The second-order valence-electron chi connectivity index (χ2n) is 5.49. The zero-order valence-electron chi connectivity index (χ0n) is 13.9. The molecular formula is C22H24. The molecule has 0 heteroatoms. The number of aryl methyl sites for hydroxylation is 2. The van der Waals surface area contributed by atoms with E-state index in [4.69, 9.17) is 0 Å². The molecule has 2 aromatic rings. The standard InChI is InChI=1S/C22H24/c1-5-7-12-19(10-6-2)20-15-14-18(4)22(16-20)21-13-9-8-11-17(21)3/h5-16H,1-4H3/b7-5-,10-6-,19-12+. The highest BCUT2D eigenvalue weighted by molar-refractivity contribution is 5.80. The van der Waals surface area contributed by atoms with Crippen LogP contribution in [0.5, 0.6) is 0 Å². The first kappa shape index (κ1) is 16.0. The van der Waals surface area contributed by atoms with Crippen LogP contribution in [-0.4, -0.2) is 0 Å². The molecule has 0 fully saturated rings. The lowest BCUT2D eigenvalue weighted by atomic mass is 9.92. The van der Waals surface area contributed by atoms with Crippen LogP contribution in [0.3, 0.4) is 0 Å². The maximum Gasteiger partial charge on any atom is -0.0146 e. The largest absolute Gasteiger partial charge is 0.0876 e. The molecule has 2 aromatic carbocycles. The average molecular weight is 288 g/mol. The SMILES string of the molecule is C\C=C/C=C(\C=C/C)c1ccc(C)c(-c2ccccc2C)c1. The fourth-order valence-electron chi connectivity index (χ4n) is 2.59. The fraction of sp³-hybridized carbons (Fsp3) is 0.182. The van der Waals surface area contributed by atoms with Crippen molar-refractivity contribution in [3.8, 4) is 11.1 Å². The van der Waals surface area contributed by atoms with Gasteiger partial charge in [-0.2, -0.15) is 0 Å². The first-order valence-corrected chi connectivity index (χ1v) is 7.80. The summed E-state index contributed by atoms with van der Waals surface area (Å²) in [5, 5.41) is 0. The zero-order valence-corrected chi connectivity index (χ0v) is 13.9. The summed E-state index contributed by atoms with van der Waals surface area (Å²) in [6.45, 7) is 8.44. The molecule has 0 bridgehead atoms. The molecule has 0 aliphatic heterocycles. The summed E-state index contributed by atoms with van der Waals surface area (Å²) >= 11 is 0. The Labute approximate surface area is 134 Å². The number of benzene rings is 2. The Morgan fingerprint density at radius 3 is 2.23 bits per heavy atom. The van der Waals surface area contributed by atoms with Crippen molar-refractivity contribution in [1.82, 2.24) is 0 Å². The topological polar surface area (TPSA) is 0 Å². The second-order valence-corrected chi connectivity index (χ2v) is 5.49. The van der Waals surface area contributed by atoms with Crippen molar-refractivity contribution in [2.75, 3.05) is 0 Å². The van der Waals surface area contributed by atoms with Crippen molar-refractivity contribution in [3.05, 3.63) is 89.5 Å². The van der Waals surface area contributed by atoms with E-state index >= 15 is 0 Å². The molecule has 0 saturated carbocycles. The third kappa shape index (κ3) is 3.65. The van der Waals surface area contributed by atoms with Crippen LogP contribution in [0.2, 0.25) is 0 Å². The molecule has 0 saturated heterocycles. The van der Waals surface area contributed by atoms with Crippen molar-refractivity contribution in [1.29, 1.82) is 0 Å². The van der Waals surface area contributed by atoms with Crippen LogP contribution in [-0.2, 0) is 0 Å². The van der Waals surface area contributed by atoms with Gasteiger partial charge in [0.1, 0.15) is 0 Å². The van der Waals surface area contributed by atoms with E-state index < -0.39 is 0 Å². The van der Waals surface area contributed by atoms with Crippen LogP contribution in [0.4, 0.5) is 0 Å². The first-order valence-electron chi connectivity index (χ1n) is 7.80. The molecule has 112 valence electrons. The van der Waals surface area contributed by atoms with Gasteiger partial charge in [-0.1, -0.05) is 66.8 Å². The lowest BCUT2D eigenvalue weighted by Crippen LogP contribution is -1.90. The Morgan fingerprint density at radius 1 is 0.818 bits per heavy atom. The molecule has 0 spiro atoms. The first-order chi connectivity index (χ1) is 10.7. The smallest absolute Gasteiger partial charge is 0.0146 e. The Kier molecular flexibility index (Phi) is 5.55. The van der Waals surface area contributed by atoms with E-state index in [1.807, 2.05) is 6.92 Å². The van der Waals surface area contributed by atoms with Crippen LogP contribution >= 0.6 is 0 Å². The number of rotatable bonds is 4. The molecule has 0 amide bonds. The van der Waals surface area contributed by atoms with Gasteiger partial charge in [-0.25, -0.2) is 0 Å². The van der Waals surface area contributed by atoms with Crippen LogP contribution in [0.1, 0.15) is 30.5 Å². The summed E-state index contributed by atoms with van der Waals surface area (Å²) in [4.78, 5) is 0. The van der Waals surface area contributed by atoms with Gasteiger partial charge in [0.25, 0.3) is 0 Å². The molecule has 0 atom stereocenters. The fourth-order valence-corrected chi connectivity index (χ4v) is 2.59. The van der Waals surface area contributed by atoms with E-state index in [-0.39, 0.29) is 0 Å². The van der Waals surface area contributed by atoms with Gasteiger partial charge in [-0.15, -0.1) is 0 Å². The molecule has 0 aliphatic carbocycles. The maximum absolute atomic E-state index is 2.30. The molecule has 0 heterocycles. The van der Waals surface area contributed by atoms with E-state index in [2.05, 4.69) is 93.6 Å². The molecule has 0 aliphatic rings. The number of hydrogen-bond acceptors (Lipinski definition) is 0. The van der Waals surface area contributed by atoms with Gasteiger partial charge < -0.3 is 0 Å². The summed E-state index contributed by atoms with van der Waals surface area (Å²) in [6.07, 6.45) is 10.5. The van der Waals surface area contributed by atoms with Gasteiger partial charge in [0.15, 0.2) is 0 Å². The van der Waals surface area contributed by atoms with Crippen molar-refractivity contribution in [2.45, 2.75) is 27.7 Å². The third-order valence-corrected chi connectivity index (χ3v) is 3.82. The van der Waals surface area contributed by atoms with Gasteiger partial charge in [0, 0.05) is 0 Å². The van der Waals surface area contributed by atoms with Gasteiger partial charge in [-0.3, -0.25) is 0 Å².